The predicted octanol–water partition coefficient (Wildman–Crippen LogP) is 0.0168. The van der Waals surface area contributed by atoms with Crippen molar-refractivity contribution in [3.8, 4) is 0 Å². The second-order valence-electron chi connectivity index (χ2n) is 6.72. The number of urea groups is 1. The number of nitrogens with one attached hydrogen (secondary N) is 1. The zero-order valence-electron chi connectivity index (χ0n) is 14.8. The van der Waals surface area contributed by atoms with Crippen LogP contribution in [-0.2, 0) is 12.0 Å². The van der Waals surface area contributed by atoms with E-state index in [-0.39, 0.29) is 12.4 Å². The molecule has 0 fully saturated rings. The van der Waals surface area contributed by atoms with E-state index in [1.807, 2.05) is 54.7 Å². The lowest BCUT2D eigenvalue weighted by Crippen LogP contribution is -3.00. The molecule has 2 aromatic rings. The first kappa shape index (κ1) is 20.7. The maximum absolute atomic E-state index is 11.8. The minimum absolute atomic E-state index is 0. The molecule has 0 aliphatic carbocycles. The molecule has 25 heavy (non-hydrogen) atoms. The van der Waals surface area contributed by atoms with Gasteiger partial charge in [0.05, 0.1) is 20.3 Å². The molecule has 1 atom stereocenters. The number of halogens is 1. The van der Waals surface area contributed by atoms with Crippen LogP contribution in [-0.4, -0.2) is 31.2 Å². The molecule has 1 unspecified atom stereocenters. The Balaban J connectivity index is 0.00000312. The number of primary amides is 1. The Morgan fingerprint density at radius 3 is 2.12 bits per heavy atom. The maximum atomic E-state index is 11.8. The Morgan fingerprint density at radius 2 is 1.64 bits per heavy atom. The first-order chi connectivity index (χ1) is 11.4. The van der Waals surface area contributed by atoms with E-state index in [4.69, 9.17) is 5.73 Å². The SMILES string of the molecule is C=C[N+](C)(C)CC(Cc1ccccc1)(NC(N)=O)c1ccccc1.[Cl-]. The number of amides is 2. The van der Waals surface area contributed by atoms with Crippen LogP contribution in [0.25, 0.3) is 0 Å². The van der Waals surface area contributed by atoms with E-state index in [9.17, 15) is 4.79 Å². The minimum atomic E-state index is -0.619. The molecular formula is C20H26ClN3O. The standard InChI is InChI=1S/C20H25N3O.ClH/c1-4-23(2,3)16-20(22-19(21)24,18-13-9-6-10-14-18)15-17-11-7-5-8-12-17;/h4-14H,1,15-16H2,2-3H3,(H2-,21,22,24);1H. The predicted molar refractivity (Wildman–Crippen MR) is 98.2 cm³/mol. The van der Waals surface area contributed by atoms with Gasteiger partial charge in [-0.2, -0.15) is 0 Å². The van der Waals surface area contributed by atoms with Gasteiger partial charge in [-0.25, -0.2) is 4.79 Å². The summed E-state index contributed by atoms with van der Waals surface area (Å²) in [6, 6.07) is 19.6. The van der Waals surface area contributed by atoms with Crippen LogP contribution in [0.15, 0.2) is 73.4 Å². The molecule has 0 saturated carbocycles. The Labute approximate surface area is 156 Å². The van der Waals surface area contributed by atoms with Crippen molar-refractivity contribution < 1.29 is 21.7 Å². The monoisotopic (exact) mass is 359 g/mol. The summed E-state index contributed by atoms with van der Waals surface area (Å²) in [5.74, 6) is 0. The fourth-order valence-electron chi connectivity index (χ4n) is 3.10. The average Bonchev–Trinajstić information content (AvgIpc) is 2.55. The molecule has 2 amide bonds. The first-order valence-corrected chi connectivity index (χ1v) is 8.00. The van der Waals surface area contributed by atoms with Gasteiger partial charge in [0.1, 0.15) is 12.1 Å². The lowest BCUT2D eigenvalue weighted by atomic mass is 9.82. The van der Waals surface area contributed by atoms with Crippen LogP contribution in [0.3, 0.4) is 0 Å². The highest BCUT2D eigenvalue weighted by atomic mass is 35.5. The number of carbonyl (C=O) groups is 1. The molecule has 0 aliphatic heterocycles. The molecule has 0 aliphatic rings. The summed E-state index contributed by atoms with van der Waals surface area (Å²) < 4.78 is 0.544. The van der Waals surface area contributed by atoms with Gasteiger partial charge >= 0.3 is 6.03 Å². The molecular weight excluding hydrogens is 334 g/mol. The van der Waals surface area contributed by atoms with Gasteiger partial charge in [-0.1, -0.05) is 60.7 Å². The number of quaternary nitrogens is 1. The Bertz CT molecular complexity index is 689. The van der Waals surface area contributed by atoms with Crippen LogP contribution in [0.1, 0.15) is 11.1 Å². The average molecular weight is 360 g/mol. The van der Waals surface area contributed by atoms with Gasteiger partial charge in [-0.3, -0.25) is 0 Å². The van der Waals surface area contributed by atoms with Crippen molar-refractivity contribution in [2.45, 2.75) is 12.0 Å². The third kappa shape index (κ3) is 5.62. The number of likely N-dealkylation sites (N-methyl/N-ethyl adjacent to an activating group) is 1. The van der Waals surface area contributed by atoms with E-state index in [1.165, 1.54) is 0 Å². The number of rotatable bonds is 7. The molecule has 4 nitrogen and oxygen atoms in total. The topological polar surface area (TPSA) is 55.1 Å². The lowest BCUT2D eigenvalue weighted by Gasteiger charge is -2.40. The molecule has 5 heteroatoms. The van der Waals surface area contributed by atoms with Crippen molar-refractivity contribution in [2.75, 3.05) is 20.6 Å². The second kappa shape index (κ2) is 8.70. The molecule has 0 bridgehead atoms. The Kier molecular flexibility index (Phi) is 7.22. The molecule has 2 rings (SSSR count). The van der Waals surface area contributed by atoms with E-state index >= 15 is 0 Å². The summed E-state index contributed by atoms with van der Waals surface area (Å²) in [6.07, 6.45) is 2.52. The molecule has 0 saturated heterocycles. The van der Waals surface area contributed by atoms with Crippen LogP contribution in [0.5, 0.6) is 0 Å². The molecule has 134 valence electrons. The Morgan fingerprint density at radius 1 is 1.12 bits per heavy atom. The number of nitrogens with zero attached hydrogens (tertiary/aromatic N) is 1. The number of carbonyl (C=O) groups excluding carboxylic acids is 1. The fraction of sp³-hybridized carbons (Fsp3) is 0.250. The summed E-state index contributed by atoms with van der Waals surface area (Å²) in [5, 5.41) is 3.02. The van der Waals surface area contributed by atoms with Gasteiger partial charge in [0, 0.05) is 6.42 Å². The van der Waals surface area contributed by atoms with Gasteiger partial charge < -0.3 is 27.9 Å². The normalized spacial score (nSPS) is 13.2. The van der Waals surface area contributed by atoms with Crippen LogP contribution >= 0.6 is 0 Å². The molecule has 0 radical (unpaired) electrons. The van der Waals surface area contributed by atoms with Crippen molar-refractivity contribution in [1.29, 1.82) is 0 Å². The highest BCUT2D eigenvalue weighted by Gasteiger charge is 2.39. The third-order valence-electron chi connectivity index (χ3n) is 4.21. The minimum Gasteiger partial charge on any atom is -1.00 e. The molecule has 0 spiro atoms. The van der Waals surface area contributed by atoms with Gasteiger partial charge in [0.25, 0.3) is 0 Å². The van der Waals surface area contributed by atoms with Gasteiger partial charge in [-0.15, -0.1) is 0 Å². The van der Waals surface area contributed by atoms with Crippen LogP contribution < -0.4 is 23.5 Å². The van der Waals surface area contributed by atoms with Crippen molar-refractivity contribution in [2.24, 2.45) is 5.73 Å². The van der Waals surface area contributed by atoms with Crippen molar-refractivity contribution >= 4 is 6.03 Å². The highest BCUT2D eigenvalue weighted by Crippen LogP contribution is 2.29. The summed E-state index contributed by atoms with van der Waals surface area (Å²) in [4.78, 5) is 11.8. The number of hydrogen-bond acceptors (Lipinski definition) is 1. The van der Waals surface area contributed by atoms with Crippen molar-refractivity contribution in [3.63, 3.8) is 0 Å². The zero-order valence-corrected chi connectivity index (χ0v) is 15.5. The second-order valence-corrected chi connectivity index (χ2v) is 6.72. The van der Waals surface area contributed by atoms with Crippen LogP contribution in [0.2, 0.25) is 0 Å². The molecule has 0 aromatic heterocycles. The first-order valence-electron chi connectivity index (χ1n) is 8.00. The van der Waals surface area contributed by atoms with Crippen LogP contribution in [0.4, 0.5) is 4.79 Å². The number of hydrogen-bond donors (Lipinski definition) is 2. The lowest BCUT2D eigenvalue weighted by molar-refractivity contribution is -0.843. The zero-order chi connectivity index (χ0) is 17.6. The van der Waals surface area contributed by atoms with E-state index in [0.29, 0.717) is 17.4 Å². The van der Waals surface area contributed by atoms with Crippen molar-refractivity contribution in [3.05, 3.63) is 84.6 Å². The number of benzene rings is 2. The van der Waals surface area contributed by atoms with Gasteiger partial charge in [-0.05, 0) is 17.7 Å². The largest absolute Gasteiger partial charge is 1.00 e. The summed E-state index contributed by atoms with van der Waals surface area (Å²) in [6.45, 7) is 4.56. The Hall–Kier alpha value is -2.30. The number of nitrogens with two attached hydrogens (primary N) is 1. The summed E-state index contributed by atoms with van der Waals surface area (Å²) >= 11 is 0. The summed E-state index contributed by atoms with van der Waals surface area (Å²) in [7, 11) is 4.11. The van der Waals surface area contributed by atoms with Crippen molar-refractivity contribution in [1.82, 2.24) is 5.32 Å². The fourth-order valence-corrected chi connectivity index (χ4v) is 3.10. The van der Waals surface area contributed by atoms with Gasteiger partial charge in [0.15, 0.2) is 0 Å². The van der Waals surface area contributed by atoms with Crippen LogP contribution in [0, 0.1) is 0 Å². The van der Waals surface area contributed by atoms with E-state index in [2.05, 4.69) is 38.1 Å². The molecule has 2 aromatic carbocycles. The summed E-state index contributed by atoms with van der Waals surface area (Å²) in [5.41, 5.74) is 7.09. The highest BCUT2D eigenvalue weighted by molar-refractivity contribution is 5.73. The molecule has 3 N–H and O–H groups in total. The smallest absolute Gasteiger partial charge is 0.313 e. The van der Waals surface area contributed by atoms with E-state index < -0.39 is 11.6 Å². The quantitative estimate of drug-likeness (QED) is 0.673. The van der Waals surface area contributed by atoms with Gasteiger partial charge in [0.2, 0.25) is 0 Å². The molecule has 0 heterocycles. The third-order valence-corrected chi connectivity index (χ3v) is 4.21. The van der Waals surface area contributed by atoms with E-state index in [1.54, 1.807) is 0 Å². The maximum Gasteiger partial charge on any atom is 0.313 e. The van der Waals surface area contributed by atoms with E-state index in [0.717, 1.165) is 11.1 Å².